The van der Waals surface area contributed by atoms with Crippen molar-refractivity contribution in [3.63, 3.8) is 0 Å². The Morgan fingerprint density at radius 2 is 1.66 bits per heavy atom. The number of piperidine rings is 1. The molecule has 0 unspecified atom stereocenters. The monoisotopic (exact) mass is 395 g/mol. The molecule has 5 nitrogen and oxygen atoms in total. The average molecular weight is 396 g/mol. The lowest BCUT2D eigenvalue weighted by atomic mass is 10.0. The van der Waals surface area contributed by atoms with Gasteiger partial charge in [0.15, 0.2) is 0 Å². The second kappa shape index (κ2) is 9.99. The zero-order valence-corrected chi connectivity index (χ0v) is 17.3. The van der Waals surface area contributed by atoms with E-state index in [1.54, 1.807) is 0 Å². The van der Waals surface area contributed by atoms with E-state index in [0.717, 1.165) is 68.4 Å². The van der Waals surface area contributed by atoms with Crippen molar-refractivity contribution >= 4 is 11.4 Å². The van der Waals surface area contributed by atoms with E-state index in [0.29, 0.717) is 0 Å². The van der Waals surface area contributed by atoms with Crippen LogP contribution in [-0.2, 0) is 4.74 Å². The Morgan fingerprint density at radius 1 is 0.897 bits per heavy atom. The highest BCUT2D eigenvalue weighted by Crippen LogP contribution is 2.31. The summed E-state index contributed by atoms with van der Waals surface area (Å²) < 4.78 is 11.4. The number of morpholine rings is 1. The number of benzene rings is 2. The van der Waals surface area contributed by atoms with Gasteiger partial charge in [0.05, 0.1) is 19.8 Å². The molecule has 0 amide bonds. The molecule has 2 aliphatic heterocycles. The maximum absolute atomic E-state index is 6.37. The van der Waals surface area contributed by atoms with Crippen LogP contribution >= 0.6 is 0 Å². The van der Waals surface area contributed by atoms with Gasteiger partial charge in [-0.2, -0.15) is 0 Å². The zero-order valence-electron chi connectivity index (χ0n) is 17.3. The number of nitrogens with zero attached hydrogens (tertiary/aromatic N) is 2. The first-order valence-corrected chi connectivity index (χ1v) is 11.0. The van der Waals surface area contributed by atoms with E-state index in [1.165, 1.54) is 38.0 Å². The molecule has 2 aromatic carbocycles. The number of anilines is 2. The van der Waals surface area contributed by atoms with Gasteiger partial charge in [-0.3, -0.25) is 0 Å². The third-order valence-electron chi connectivity index (χ3n) is 5.91. The maximum Gasteiger partial charge on any atom is 0.119 e. The molecular weight excluding hydrogens is 362 g/mol. The highest BCUT2D eigenvalue weighted by atomic mass is 16.5. The summed E-state index contributed by atoms with van der Waals surface area (Å²) in [4.78, 5) is 4.88. The molecule has 2 saturated heterocycles. The first-order chi connectivity index (χ1) is 14.3. The smallest absolute Gasteiger partial charge is 0.119 e. The molecule has 0 aliphatic carbocycles. The van der Waals surface area contributed by atoms with Gasteiger partial charge in [-0.1, -0.05) is 24.6 Å². The van der Waals surface area contributed by atoms with Gasteiger partial charge in [0, 0.05) is 36.6 Å². The number of hydrogen-bond acceptors (Lipinski definition) is 5. The molecule has 2 heterocycles. The fourth-order valence-corrected chi connectivity index (χ4v) is 4.22. The Bertz CT molecular complexity index is 766. The van der Waals surface area contributed by atoms with E-state index in [2.05, 4.69) is 40.1 Å². The summed E-state index contributed by atoms with van der Waals surface area (Å²) in [7, 11) is 0. The van der Waals surface area contributed by atoms with Crippen molar-refractivity contribution in [1.82, 2.24) is 4.90 Å². The topological polar surface area (TPSA) is 51.0 Å². The Labute approximate surface area is 174 Å². The second-order valence-corrected chi connectivity index (χ2v) is 8.00. The number of nitrogen functional groups attached to an aromatic ring is 1. The molecule has 0 atom stereocenters. The molecule has 0 aromatic heterocycles. The highest BCUT2D eigenvalue weighted by Gasteiger charge is 2.13. The van der Waals surface area contributed by atoms with Gasteiger partial charge < -0.3 is 25.0 Å². The fourth-order valence-electron chi connectivity index (χ4n) is 4.22. The van der Waals surface area contributed by atoms with Crippen molar-refractivity contribution in [1.29, 1.82) is 0 Å². The lowest BCUT2D eigenvalue weighted by Crippen LogP contribution is -2.36. The summed E-state index contributed by atoms with van der Waals surface area (Å²) in [5, 5.41) is 0. The van der Waals surface area contributed by atoms with E-state index in [1.807, 2.05) is 12.1 Å². The minimum absolute atomic E-state index is 0.770. The minimum atomic E-state index is 0.770. The molecule has 4 rings (SSSR count). The summed E-state index contributed by atoms with van der Waals surface area (Å²) in [5.74, 6) is 0.927. The third-order valence-corrected chi connectivity index (χ3v) is 5.91. The summed E-state index contributed by atoms with van der Waals surface area (Å²) in [6.07, 6.45) is 5.16. The molecule has 156 valence electrons. The number of hydrogen-bond donors (Lipinski definition) is 1. The average Bonchev–Trinajstić information content (AvgIpc) is 2.78. The Balaban J connectivity index is 1.30. The van der Waals surface area contributed by atoms with E-state index in [4.69, 9.17) is 15.2 Å². The van der Waals surface area contributed by atoms with Crippen molar-refractivity contribution < 1.29 is 9.47 Å². The van der Waals surface area contributed by atoms with Crippen LogP contribution in [-0.4, -0.2) is 57.4 Å². The summed E-state index contributed by atoms with van der Waals surface area (Å²) in [6, 6.07) is 14.6. The summed E-state index contributed by atoms with van der Waals surface area (Å²) in [5.41, 5.74) is 10.5. The van der Waals surface area contributed by atoms with E-state index >= 15 is 0 Å². The van der Waals surface area contributed by atoms with Crippen LogP contribution in [0.4, 0.5) is 11.4 Å². The van der Waals surface area contributed by atoms with Gasteiger partial charge in [0.2, 0.25) is 0 Å². The Kier molecular flexibility index (Phi) is 6.91. The van der Waals surface area contributed by atoms with Gasteiger partial charge in [-0.15, -0.1) is 0 Å². The highest BCUT2D eigenvalue weighted by molar-refractivity contribution is 5.79. The maximum atomic E-state index is 6.37. The number of rotatable bonds is 7. The minimum Gasteiger partial charge on any atom is -0.494 e. The largest absolute Gasteiger partial charge is 0.494 e. The fraction of sp³-hybridized carbons (Fsp3) is 0.500. The molecular formula is C24H33N3O2. The zero-order chi connectivity index (χ0) is 19.9. The SMILES string of the molecule is Nc1cc(N2CCOCC2)ccc1-c1ccc(OCCCN2CCCCC2)cc1. The van der Waals surface area contributed by atoms with Gasteiger partial charge in [0.1, 0.15) is 5.75 Å². The van der Waals surface area contributed by atoms with Crippen molar-refractivity contribution in [2.45, 2.75) is 25.7 Å². The molecule has 2 N–H and O–H groups in total. The van der Waals surface area contributed by atoms with Crippen LogP contribution < -0.4 is 15.4 Å². The van der Waals surface area contributed by atoms with Crippen LogP contribution in [0, 0.1) is 0 Å². The standard InChI is InChI=1S/C24H33N3O2/c25-24-19-21(27-14-17-28-18-15-27)7-10-23(24)20-5-8-22(9-6-20)29-16-4-13-26-11-2-1-3-12-26/h5-10,19H,1-4,11-18,25H2. The molecule has 2 aromatic rings. The van der Waals surface area contributed by atoms with E-state index in [-0.39, 0.29) is 0 Å². The summed E-state index contributed by atoms with van der Waals surface area (Å²) >= 11 is 0. The quantitative estimate of drug-likeness (QED) is 0.567. The van der Waals surface area contributed by atoms with Crippen molar-refractivity contribution in [2.24, 2.45) is 0 Å². The first kappa shape index (κ1) is 20.0. The third kappa shape index (κ3) is 5.43. The van der Waals surface area contributed by atoms with Crippen LogP contribution in [0.5, 0.6) is 5.75 Å². The number of ether oxygens (including phenoxy) is 2. The molecule has 29 heavy (non-hydrogen) atoms. The van der Waals surface area contributed by atoms with Gasteiger partial charge in [-0.05, 0) is 62.2 Å². The first-order valence-electron chi connectivity index (χ1n) is 11.0. The van der Waals surface area contributed by atoms with E-state index < -0.39 is 0 Å². The van der Waals surface area contributed by atoms with Crippen LogP contribution in [0.15, 0.2) is 42.5 Å². The molecule has 0 saturated carbocycles. The predicted molar refractivity (Wildman–Crippen MR) is 120 cm³/mol. The molecule has 5 heteroatoms. The van der Waals surface area contributed by atoms with Crippen LogP contribution in [0.25, 0.3) is 11.1 Å². The number of nitrogens with two attached hydrogens (primary N) is 1. The second-order valence-electron chi connectivity index (χ2n) is 8.00. The normalized spacial score (nSPS) is 18.0. The summed E-state index contributed by atoms with van der Waals surface area (Å²) in [6.45, 7) is 7.81. The Morgan fingerprint density at radius 3 is 2.38 bits per heavy atom. The molecule has 0 radical (unpaired) electrons. The van der Waals surface area contributed by atoms with Crippen molar-refractivity contribution in [3.05, 3.63) is 42.5 Å². The van der Waals surface area contributed by atoms with Crippen LogP contribution in [0.1, 0.15) is 25.7 Å². The molecule has 2 fully saturated rings. The molecule has 0 bridgehead atoms. The lowest BCUT2D eigenvalue weighted by molar-refractivity contribution is 0.122. The van der Waals surface area contributed by atoms with Crippen molar-refractivity contribution in [3.8, 4) is 16.9 Å². The number of likely N-dealkylation sites (tertiary alicyclic amines) is 1. The van der Waals surface area contributed by atoms with Crippen molar-refractivity contribution in [2.75, 3.05) is 63.2 Å². The van der Waals surface area contributed by atoms with Crippen LogP contribution in [0.3, 0.4) is 0 Å². The molecule has 0 spiro atoms. The van der Waals surface area contributed by atoms with Gasteiger partial charge in [0.25, 0.3) is 0 Å². The lowest BCUT2D eigenvalue weighted by Gasteiger charge is -2.29. The van der Waals surface area contributed by atoms with Gasteiger partial charge in [-0.25, -0.2) is 0 Å². The van der Waals surface area contributed by atoms with E-state index in [9.17, 15) is 0 Å². The predicted octanol–water partition coefficient (Wildman–Crippen LogP) is 4.03. The molecule has 2 aliphatic rings. The van der Waals surface area contributed by atoms with Crippen LogP contribution in [0.2, 0.25) is 0 Å². The van der Waals surface area contributed by atoms with Gasteiger partial charge >= 0.3 is 0 Å². The Hall–Kier alpha value is -2.24.